The van der Waals surface area contributed by atoms with Gasteiger partial charge in [-0.2, -0.15) is 9.61 Å². The molecule has 0 aromatic carbocycles. The fourth-order valence-electron chi connectivity index (χ4n) is 4.43. The molecule has 3 heterocycles. The Kier molecular flexibility index (Phi) is 8.30. The highest BCUT2D eigenvalue weighted by Gasteiger charge is 2.28. The van der Waals surface area contributed by atoms with Crippen LogP contribution in [0, 0.1) is 11.8 Å². The van der Waals surface area contributed by atoms with Gasteiger partial charge in [-0.05, 0) is 40.3 Å². The second-order valence-corrected chi connectivity index (χ2v) is 10.6. The molecular formula is C25H34BrN7O3. The molecule has 3 aromatic heterocycles. The molecule has 4 N–H and O–H groups in total. The Labute approximate surface area is 218 Å². The fourth-order valence-corrected chi connectivity index (χ4v) is 4.78. The number of anilines is 2. The van der Waals surface area contributed by atoms with Gasteiger partial charge in [0, 0.05) is 43.9 Å². The third kappa shape index (κ3) is 6.07. The standard InChI is InChI=1S/C25H34BrN7O3/c1-15(2)23(27)25(35)36-14-17-6-4-5-7-19(17)30-20-10-21(33-24(31-20)18(26)12-29-33)28-11-16-8-9-22(34)32(3)13-16/h8-10,12-13,15,17,19,23,28H,4-7,11,14,27H2,1-3H3,(H,30,31)/t17-,19?,23-/m0/s1. The largest absolute Gasteiger partial charge is 0.464 e. The third-order valence-corrected chi connectivity index (χ3v) is 7.28. The quantitative estimate of drug-likeness (QED) is 0.340. The average Bonchev–Trinajstić information content (AvgIpc) is 3.24. The van der Waals surface area contributed by atoms with Crippen molar-refractivity contribution in [1.29, 1.82) is 0 Å². The van der Waals surface area contributed by atoms with E-state index in [1.807, 2.05) is 32.2 Å². The van der Waals surface area contributed by atoms with E-state index in [1.165, 1.54) is 0 Å². The third-order valence-electron chi connectivity index (χ3n) is 6.72. The molecule has 3 atom stereocenters. The van der Waals surface area contributed by atoms with Gasteiger partial charge in [-0.3, -0.25) is 9.59 Å². The molecule has 194 valence electrons. The number of nitrogens with two attached hydrogens (primary N) is 1. The van der Waals surface area contributed by atoms with Crippen molar-refractivity contribution in [2.24, 2.45) is 24.6 Å². The number of nitrogens with one attached hydrogen (secondary N) is 2. The van der Waals surface area contributed by atoms with Crippen molar-refractivity contribution in [3.8, 4) is 0 Å². The van der Waals surface area contributed by atoms with E-state index in [0.29, 0.717) is 24.6 Å². The summed E-state index contributed by atoms with van der Waals surface area (Å²) >= 11 is 3.54. The van der Waals surface area contributed by atoms with Gasteiger partial charge in [-0.15, -0.1) is 0 Å². The molecule has 4 rings (SSSR count). The highest BCUT2D eigenvalue weighted by molar-refractivity contribution is 9.10. The molecule has 1 aliphatic rings. The van der Waals surface area contributed by atoms with Gasteiger partial charge in [0.2, 0.25) is 5.56 Å². The number of rotatable bonds is 9. The molecule has 0 amide bonds. The number of nitrogens with zero attached hydrogens (tertiary/aromatic N) is 4. The van der Waals surface area contributed by atoms with E-state index in [2.05, 4.69) is 31.7 Å². The molecule has 36 heavy (non-hydrogen) atoms. The number of aryl methyl sites for hydroxylation is 1. The number of carbonyl (C=O) groups excluding carboxylic acids is 1. The van der Waals surface area contributed by atoms with Crippen LogP contribution in [0.25, 0.3) is 5.65 Å². The first-order valence-electron chi connectivity index (χ1n) is 12.4. The van der Waals surface area contributed by atoms with Crippen molar-refractivity contribution in [3.63, 3.8) is 0 Å². The van der Waals surface area contributed by atoms with Crippen LogP contribution in [0.2, 0.25) is 0 Å². The fraction of sp³-hybridized carbons (Fsp3) is 0.520. The lowest BCUT2D eigenvalue weighted by Crippen LogP contribution is -2.40. The van der Waals surface area contributed by atoms with E-state index in [4.69, 9.17) is 15.5 Å². The molecule has 3 aromatic rings. The topological polar surface area (TPSA) is 129 Å². The highest BCUT2D eigenvalue weighted by Crippen LogP contribution is 2.29. The van der Waals surface area contributed by atoms with Crippen molar-refractivity contribution < 1.29 is 9.53 Å². The summed E-state index contributed by atoms with van der Waals surface area (Å²) in [5, 5.41) is 11.4. The number of aromatic nitrogens is 4. The Morgan fingerprint density at radius 1 is 1.31 bits per heavy atom. The van der Waals surface area contributed by atoms with E-state index in [0.717, 1.165) is 41.5 Å². The number of ether oxygens (including phenoxy) is 1. The molecule has 0 bridgehead atoms. The Morgan fingerprint density at radius 3 is 2.83 bits per heavy atom. The molecular weight excluding hydrogens is 526 g/mol. The highest BCUT2D eigenvalue weighted by atomic mass is 79.9. The number of carbonyl (C=O) groups is 1. The minimum absolute atomic E-state index is 0.0366. The SMILES string of the molecule is CC(C)[C@H](N)C(=O)OC[C@@H]1CCCCC1Nc1cc(NCc2ccc(=O)n(C)c2)n2ncc(Br)c2n1. The molecule has 1 fully saturated rings. The first kappa shape index (κ1) is 26.2. The van der Waals surface area contributed by atoms with Crippen LogP contribution in [0.1, 0.15) is 45.1 Å². The van der Waals surface area contributed by atoms with Gasteiger partial charge in [-0.1, -0.05) is 32.8 Å². The number of hydrogen-bond acceptors (Lipinski definition) is 8. The molecule has 10 nitrogen and oxygen atoms in total. The Bertz CT molecular complexity index is 1270. The van der Waals surface area contributed by atoms with Crippen LogP contribution in [0.15, 0.2) is 39.9 Å². The lowest BCUT2D eigenvalue weighted by atomic mass is 9.85. The van der Waals surface area contributed by atoms with Crippen molar-refractivity contribution >= 4 is 39.2 Å². The van der Waals surface area contributed by atoms with Crippen LogP contribution >= 0.6 is 15.9 Å². The molecule has 11 heteroatoms. The summed E-state index contributed by atoms with van der Waals surface area (Å²) in [4.78, 5) is 28.8. The maximum atomic E-state index is 12.3. The molecule has 1 aliphatic carbocycles. The van der Waals surface area contributed by atoms with Crippen LogP contribution in [0.3, 0.4) is 0 Å². The molecule has 1 saturated carbocycles. The Balaban J connectivity index is 1.50. The number of pyridine rings is 1. The maximum Gasteiger partial charge on any atom is 0.323 e. The molecule has 0 saturated heterocycles. The van der Waals surface area contributed by atoms with Gasteiger partial charge in [0.05, 0.1) is 17.3 Å². The van der Waals surface area contributed by atoms with Gasteiger partial charge >= 0.3 is 5.97 Å². The number of esters is 1. The predicted molar refractivity (Wildman–Crippen MR) is 143 cm³/mol. The zero-order valence-electron chi connectivity index (χ0n) is 20.9. The summed E-state index contributed by atoms with van der Waals surface area (Å²) in [5.74, 6) is 1.35. The van der Waals surface area contributed by atoms with E-state index in [9.17, 15) is 9.59 Å². The van der Waals surface area contributed by atoms with Gasteiger partial charge in [0.15, 0.2) is 5.65 Å². The van der Waals surface area contributed by atoms with Gasteiger partial charge in [0.1, 0.15) is 17.7 Å². The van der Waals surface area contributed by atoms with Crippen molar-refractivity contribution in [3.05, 3.63) is 51.0 Å². The summed E-state index contributed by atoms with van der Waals surface area (Å²) in [6, 6.07) is 4.81. The summed E-state index contributed by atoms with van der Waals surface area (Å²) in [5.41, 5.74) is 7.56. The van der Waals surface area contributed by atoms with Crippen molar-refractivity contribution in [2.45, 2.75) is 58.2 Å². The molecule has 0 spiro atoms. The minimum Gasteiger partial charge on any atom is -0.464 e. The Hall–Kier alpha value is -2.92. The average molecular weight is 560 g/mol. The second-order valence-electron chi connectivity index (χ2n) is 9.79. The summed E-state index contributed by atoms with van der Waals surface area (Å²) < 4.78 is 9.68. The molecule has 1 unspecified atom stereocenters. The predicted octanol–water partition coefficient (Wildman–Crippen LogP) is 3.30. The Morgan fingerprint density at radius 2 is 2.08 bits per heavy atom. The lowest BCUT2D eigenvalue weighted by Gasteiger charge is -2.32. The molecule has 0 radical (unpaired) electrons. The van der Waals surface area contributed by atoms with Crippen LogP contribution in [0.5, 0.6) is 0 Å². The summed E-state index contributed by atoms with van der Waals surface area (Å²) in [7, 11) is 1.73. The number of halogens is 1. The van der Waals surface area contributed by atoms with E-state index in [-0.39, 0.29) is 29.4 Å². The zero-order valence-corrected chi connectivity index (χ0v) is 22.5. The van der Waals surface area contributed by atoms with Gasteiger partial charge in [-0.25, -0.2) is 4.98 Å². The minimum atomic E-state index is -0.607. The monoisotopic (exact) mass is 559 g/mol. The summed E-state index contributed by atoms with van der Waals surface area (Å²) in [6.07, 6.45) is 7.66. The van der Waals surface area contributed by atoms with Crippen LogP contribution < -0.4 is 21.9 Å². The van der Waals surface area contributed by atoms with Crippen LogP contribution in [0.4, 0.5) is 11.6 Å². The maximum absolute atomic E-state index is 12.3. The van der Waals surface area contributed by atoms with Crippen LogP contribution in [-0.4, -0.2) is 43.8 Å². The van der Waals surface area contributed by atoms with E-state index < -0.39 is 6.04 Å². The van der Waals surface area contributed by atoms with Gasteiger partial charge in [0.25, 0.3) is 0 Å². The van der Waals surface area contributed by atoms with Gasteiger partial charge < -0.3 is 25.7 Å². The first-order chi connectivity index (χ1) is 17.2. The number of hydrogen-bond donors (Lipinski definition) is 3. The first-order valence-corrected chi connectivity index (χ1v) is 13.1. The normalized spacial score (nSPS) is 18.8. The smallest absolute Gasteiger partial charge is 0.323 e. The lowest BCUT2D eigenvalue weighted by molar-refractivity contribution is -0.148. The summed E-state index contributed by atoms with van der Waals surface area (Å²) in [6.45, 7) is 4.69. The molecule has 0 aliphatic heterocycles. The van der Waals surface area contributed by atoms with Crippen LogP contribution in [-0.2, 0) is 23.1 Å². The van der Waals surface area contributed by atoms with Crippen molar-refractivity contribution in [2.75, 3.05) is 17.2 Å². The second kappa shape index (κ2) is 11.4. The van der Waals surface area contributed by atoms with E-state index in [1.54, 1.807) is 28.4 Å². The number of fused-ring (bicyclic) bond motifs is 1. The zero-order chi connectivity index (χ0) is 25.8. The van der Waals surface area contributed by atoms with Crippen molar-refractivity contribution in [1.82, 2.24) is 19.2 Å². The van der Waals surface area contributed by atoms with E-state index >= 15 is 0 Å².